The molecule has 0 N–H and O–H groups in total. The van der Waals surface area contributed by atoms with Crippen LogP contribution in [0.2, 0.25) is 0 Å². The Morgan fingerprint density at radius 2 is 1.87 bits per heavy atom. The topological polar surface area (TPSA) is 13.1 Å². The van der Waals surface area contributed by atoms with Gasteiger partial charge in [-0.3, -0.25) is 0 Å². The van der Waals surface area contributed by atoms with E-state index in [2.05, 4.69) is 30.3 Å². The Balaban J connectivity index is 1.99. The first-order chi connectivity index (χ1) is 7.43. The number of furan rings is 1. The SMILES string of the molecule is c1ccc2c(c1)C1Cc3occc3C2C1. The highest BCUT2D eigenvalue weighted by Gasteiger charge is 2.38. The molecule has 0 fully saturated rings. The molecule has 2 aliphatic carbocycles. The minimum absolute atomic E-state index is 0.605. The summed E-state index contributed by atoms with van der Waals surface area (Å²) in [6.07, 6.45) is 4.22. The van der Waals surface area contributed by atoms with Gasteiger partial charge in [0.05, 0.1) is 6.26 Å². The maximum absolute atomic E-state index is 5.57. The molecule has 2 bridgehead atoms. The third-order valence-electron chi connectivity index (χ3n) is 3.92. The van der Waals surface area contributed by atoms with E-state index >= 15 is 0 Å². The van der Waals surface area contributed by atoms with E-state index in [0.717, 1.165) is 6.42 Å². The van der Waals surface area contributed by atoms with Crippen molar-refractivity contribution in [2.75, 3.05) is 0 Å². The first-order valence-corrected chi connectivity index (χ1v) is 5.58. The zero-order chi connectivity index (χ0) is 9.83. The van der Waals surface area contributed by atoms with E-state index in [-0.39, 0.29) is 0 Å². The van der Waals surface area contributed by atoms with Gasteiger partial charge in [0.2, 0.25) is 0 Å². The Kier molecular flexibility index (Phi) is 1.31. The maximum atomic E-state index is 5.57. The molecule has 0 saturated carbocycles. The maximum Gasteiger partial charge on any atom is 0.108 e. The van der Waals surface area contributed by atoms with Crippen molar-refractivity contribution in [2.24, 2.45) is 0 Å². The molecular formula is C14H12O. The van der Waals surface area contributed by atoms with Gasteiger partial charge in [0, 0.05) is 17.9 Å². The normalized spacial score (nSPS) is 26.1. The molecule has 15 heavy (non-hydrogen) atoms. The van der Waals surface area contributed by atoms with Gasteiger partial charge in [-0.25, -0.2) is 0 Å². The molecule has 0 aliphatic heterocycles. The van der Waals surface area contributed by atoms with Gasteiger partial charge in [-0.05, 0) is 29.5 Å². The van der Waals surface area contributed by atoms with Crippen LogP contribution in [0.5, 0.6) is 0 Å². The van der Waals surface area contributed by atoms with Crippen LogP contribution in [0.3, 0.4) is 0 Å². The monoisotopic (exact) mass is 196 g/mol. The van der Waals surface area contributed by atoms with E-state index in [0.29, 0.717) is 11.8 Å². The van der Waals surface area contributed by atoms with Gasteiger partial charge in [0.1, 0.15) is 5.76 Å². The molecular weight excluding hydrogens is 184 g/mol. The Morgan fingerprint density at radius 3 is 2.80 bits per heavy atom. The molecule has 2 atom stereocenters. The van der Waals surface area contributed by atoms with E-state index in [9.17, 15) is 0 Å². The van der Waals surface area contributed by atoms with Gasteiger partial charge in [0.25, 0.3) is 0 Å². The zero-order valence-corrected chi connectivity index (χ0v) is 8.44. The first-order valence-electron chi connectivity index (χ1n) is 5.58. The largest absolute Gasteiger partial charge is 0.469 e. The minimum atomic E-state index is 0.605. The van der Waals surface area contributed by atoms with Gasteiger partial charge in [-0.15, -0.1) is 0 Å². The van der Waals surface area contributed by atoms with Crippen LogP contribution in [0, 0.1) is 0 Å². The third kappa shape index (κ3) is 0.883. The lowest BCUT2D eigenvalue weighted by Gasteiger charge is -2.18. The third-order valence-corrected chi connectivity index (χ3v) is 3.92. The van der Waals surface area contributed by atoms with Crippen molar-refractivity contribution in [3.05, 3.63) is 59.0 Å². The molecule has 0 spiro atoms. The van der Waals surface area contributed by atoms with Crippen molar-refractivity contribution >= 4 is 0 Å². The summed E-state index contributed by atoms with van der Waals surface area (Å²) >= 11 is 0. The average Bonchev–Trinajstić information content (AvgIpc) is 2.85. The van der Waals surface area contributed by atoms with Gasteiger partial charge < -0.3 is 4.42 Å². The summed E-state index contributed by atoms with van der Waals surface area (Å²) in [6, 6.07) is 11.0. The summed E-state index contributed by atoms with van der Waals surface area (Å²) in [6.45, 7) is 0. The number of benzene rings is 1. The van der Waals surface area contributed by atoms with Crippen molar-refractivity contribution < 1.29 is 4.42 Å². The second kappa shape index (κ2) is 2.54. The predicted molar refractivity (Wildman–Crippen MR) is 58.1 cm³/mol. The highest BCUT2D eigenvalue weighted by atomic mass is 16.3. The van der Waals surface area contributed by atoms with Crippen LogP contribution in [0.4, 0.5) is 0 Å². The molecule has 1 heterocycles. The number of hydrogen-bond acceptors (Lipinski definition) is 1. The van der Waals surface area contributed by atoms with Gasteiger partial charge in [-0.1, -0.05) is 24.3 Å². The van der Waals surface area contributed by atoms with E-state index in [1.165, 1.54) is 23.3 Å². The van der Waals surface area contributed by atoms with Crippen molar-refractivity contribution in [3.63, 3.8) is 0 Å². The Morgan fingerprint density at radius 1 is 1.00 bits per heavy atom. The summed E-state index contributed by atoms with van der Waals surface area (Å²) in [4.78, 5) is 0. The molecule has 0 saturated heterocycles. The Hall–Kier alpha value is -1.50. The zero-order valence-electron chi connectivity index (χ0n) is 8.44. The highest BCUT2D eigenvalue weighted by Crippen LogP contribution is 2.51. The van der Waals surface area contributed by atoms with Crippen LogP contribution in [-0.4, -0.2) is 0 Å². The predicted octanol–water partition coefficient (Wildman–Crippen LogP) is 3.45. The lowest BCUT2D eigenvalue weighted by molar-refractivity contribution is 0.454. The summed E-state index contributed by atoms with van der Waals surface area (Å²) in [5.41, 5.74) is 4.51. The van der Waals surface area contributed by atoms with Gasteiger partial charge in [0.15, 0.2) is 0 Å². The van der Waals surface area contributed by atoms with Gasteiger partial charge >= 0.3 is 0 Å². The summed E-state index contributed by atoms with van der Waals surface area (Å²) in [7, 11) is 0. The van der Waals surface area contributed by atoms with Gasteiger partial charge in [-0.2, -0.15) is 0 Å². The second-order valence-corrected chi connectivity index (χ2v) is 4.62. The van der Waals surface area contributed by atoms with E-state index in [4.69, 9.17) is 4.42 Å². The van der Waals surface area contributed by atoms with E-state index < -0.39 is 0 Å². The summed E-state index contributed by atoms with van der Waals surface area (Å²) < 4.78 is 5.57. The number of fused-ring (bicyclic) bond motifs is 7. The van der Waals surface area contributed by atoms with Crippen molar-refractivity contribution in [2.45, 2.75) is 24.7 Å². The van der Waals surface area contributed by atoms with Crippen LogP contribution >= 0.6 is 0 Å². The van der Waals surface area contributed by atoms with E-state index in [1.54, 1.807) is 5.56 Å². The Labute approximate surface area is 88.7 Å². The van der Waals surface area contributed by atoms with E-state index in [1.807, 2.05) is 6.26 Å². The fourth-order valence-electron chi connectivity index (χ4n) is 3.28. The molecule has 1 aromatic heterocycles. The van der Waals surface area contributed by atoms with Crippen LogP contribution in [0.1, 0.15) is 40.7 Å². The van der Waals surface area contributed by atoms with Crippen LogP contribution in [-0.2, 0) is 6.42 Å². The molecule has 74 valence electrons. The van der Waals surface area contributed by atoms with Crippen LogP contribution in [0.25, 0.3) is 0 Å². The van der Waals surface area contributed by atoms with Crippen molar-refractivity contribution in [1.29, 1.82) is 0 Å². The molecule has 0 radical (unpaired) electrons. The standard InChI is InChI=1S/C14H12O/c1-2-4-11-10(3-1)9-7-13(11)12-5-6-15-14(12)8-9/h1-6,9,13H,7-8H2. The van der Waals surface area contributed by atoms with Crippen LogP contribution < -0.4 is 0 Å². The minimum Gasteiger partial charge on any atom is -0.469 e. The molecule has 0 amide bonds. The molecule has 2 unspecified atom stereocenters. The lowest BCUT2D eigenvalue weighted by atomic mass is 9.85. The quantitative estimate of drug-likeness (QED) is 0.629. The van der Waals surface area contributed by atoms with Crippen LogP contribution in [0.15, 0.2) is 41.0 Å². The average molecular weight is 196 g/mol. The summed E-state index contributed by atoms with van der Waals surface area (Å²) in [5, 5.41) is 0. The molecule has 1 heteroatoms. The molecule has 2 aliphatic rings. The smallest absolute Gasteiger partial charge is 0.108 e. The molecule has 1 nitrogen and oxygen atoms in total. The van der Waals surface area contributed by atoms with Crippen molar-refractivity contribution in [3.8, 4) is 0 Å². The fourth-order valence-corrected chi connectivity index (χ4v) is 3.28. The molecule has 1 aromatic carbocycles. The molecule has 2 aromatic rings. The lowest BCUT2D eigenvalue weighted by Crippen LogP contribution is -2.07. The molecule has 4 rings (SSSR count). The first kappa shape index (κ1) is 7.75. The number of rotatable bonds is 0. The number of hydrogen-bond donors (Lipinski definition) is 0. The fraction of sp³-hybridized carbons (Fsp3) is 0.286. The highest BCUT2D eigenvalue weighted by molar-refractivity contribution is 5.49. The second-order valence-electron chi connectivity index (χ2n) is 4.62. The Bertz CT molecular complexity index is 524. The van der Waals surface area contributed by atoms with Crippen molar-refractivity contribution in [1.82, 2.24) is 0 Å². The summed E-state index contributed by atoms with van der Waals surface area (Å²) in [5.74, 6) is 2.52.